The van der Waals surface area contributed by atoms with Crippen molar-refractivity contribution in [3.05, 3.63) is 23.0 Å². The summed E-state index contributed by atoms with van der Waals surface area (Å²) in [4.78, 5) is 14.3. The first-order valence-electron chi connectivity index (χ1n) is 6.48. The Kier molecular flexibility index (Phi) is 4.30. The molecule has 0 spiro atoms. The lowest BCUT2D eigenvalue weighted by Crippen LogP contribution is -2.34. The molecule has 0 radical (unpaired) electrons. The molecular formula is C13H20ClN3O. The minimum Gasteiger partial charge on any atom is -0.342 e. The smallest absolute Gasteiger partial charge is 0.270 e. The van der Waals surface area contributed by atoms with Crippen molar-refractivity contribution in [2.75, 3.05) is 20.1 Å². The van der Waals surface area contributed by atoms with Gasteiger partial charge in [0.15, 0.2) is 0 Å². The topological polar surface area (TPSA) is 37.3 Å². The normalized spacial score (nSPS) is 19.5. The van der Waals surface area contributed by atoms with Gasteiger partial charge in [0.25, 0.3) is 5.91 Å². The van der Waals surface area contributed by atoms with Gasteiger partial charge in [0.05, 0.1) is 5.02 Å². The Balaban J connectivity index is 2.13. The molecule has 18 heavy (non-hydrogen) atoms. The summed E-state index contributed by atoms with van der Waals surface area (Å²) in [5.41, 5.74) is 0.707. The Bertz CT molecular complexity index is 430. The molecule has 1 fully saturated rings. The zero-order valence-corrected chi connectivity index (χ0v) is 11.7. The molecule has 1 aliphatic rings. The third-order valence-corrected chi connectivity index (χ3v) is 3.64. The standard InChI is InChI=1S/C13H20ClN3O/c1-3-5-16-8-10(14)7-12(16)13(18)17-6-4-11(9-17)15-2/h7-8,11,15H,3-6,9H2,1-2H3. The van der Waals surface area contributed by atoms with Crippen molar-refractivity contribution in [2.24, 2.45) is 0 Å². The van der Waals surface area contributed by atoms with E-state index < -0.39 is 0 Å². The molecule has 1 atom stereocenters. The highest BCUT2D eigenvalue weighted by Crippen LogP contribution is 2.19. The summed E-state index contributed by atoms with van der Waals surface area (Å²) in [6.07, 6.45) is 3.85. The van der Waals surface area contributed by atoms with Gasteiger partial charge in [-0.1, -0.05) is 18.5 Å². The first-order chi connectivity index (χ1) is 8.65. The average molecular weight is 270 g/mol. The van der Waals surface area contributed by atoms with Gasteiger partial charge in [-0.25, -0.2) is 0 Å². The molecule has 5 heteroatoms. The van der Waals surface area contributed by atoms with Crippen LogP contribution in [0, 0.1) is 0 Å². The number of rotatable bonds is 4. The van der Waals surface area contributed by atoms with E-state index in [0.29, 0.717) is 16.8 Å². The van der Waals surface area contributed by atoms with Crippen LogP contribution in [0.4, 0.5) is 0 Å². The molecular weight excluding hydrogens is 250 g/mol. The second-order valence-corrected chi connectivity index (χ2v) is 5.20. The molecule has 0 bridgehead atoms. The maximum absolute atomic E-state index is 12.4. The van der Waals surface area contributed by atoms with Gasteiger partial charge in [-0.15, -0.1) is 0 Å². The van der Waals surface area contributed by atoms with Crippen molar-refractivity contribution in [3.63, 3.8) is 0 Å². The van der Waals surface area contributed by atoms with Gasteiger partial charge in [0.1, 0.15) is 5.69 Å². The maximum Gasteiger partial charge on any atom is 0.270 e. The Labute approximate surface area is 113 Å². The molecule has 1 amide bonds. The Morgan fingerprint density at radius 3 is 3.00 bits per heavy atom. The maximum atomic E-state index is 12.4. The number of carbonyl (C=O) groups excluding carboxylic acids is 1. The molecule has 2 heterocycles. The summed E-state index contributed by atoms with van der Waals surface area (Å²) in [5, 5.41) is 3.85. The fraction of sp³-hybridized carbons (Fsp3) is 0.615. The van der Waals surface area contributed by atoms with Gasteiger partial charge in [-0.2, -0.15) is 0 Å². The molecule has 1 aromatic heterocycles. The predicted octanol–water partition coefficient (Wildman–Crippen LogP) is 1.99. The van der Waals surface area contributed by atoms with E-state index in [4.69, 9.17) is 11.6 Å². The lowest BCUT2D eigenvalue weighted by Gasteiger charge is -2.17. The largest absolute Gasteiger partial charge is 0.342 e. The van der Waals surface area contributed by atoms with Gasteiger partial charge in [-0.3, -0.25) is 4.79 Å². The summed E-state index contributed by atoms with van der Waals surface area (Å²) in [6, 6.07) is 2.19. The summed E-state index contributed by atoms with van der Waals surface area (Å²) < 4.78 is 1.96. The van der Waals surface area contributed by atoms with E-state index in [1.54, 1.807) is 6.07 Å². The number of hydrogen-bond acceptors (Lipinski definition) is 2. The third kappa shape index (κ3) is 2.70. The Morgan fingerprint density at radius 1 is 1.61 bits per heavy atom. The van der Waals surface area contributed by atoms with E-state index in [2.05, 4.69) is 12.2 Å². The van der Waals surface area contributed by atoms with Crippen molar-refractivity contribution in [2.45, 2.75) is 32.4 Å². The fourth-order valence-electron chi connectivity index (χ4n) is 2.42. The molecule has 100 valence electrons. The minimum absolute atomic E-state index is 0.0908. The van der Waals surface area contributed by atoms with Crippen LogP contribution in [0.3, 0.4) is 0 Å². The lowest BCUT2D eigenvalue weighted by molar-refractivity contribution is 0.0779. The first-order valence-corrected chi connectivity index (χ1v) is 6.85. The number of amides is 1. The highest BCUT2D eigenvalue weighted by Gasteiger charge is 2.27. The molecule has 0 aliphatic carbocycles. The van der Waals surface area contributed by atoms with Crippen molar-refractivity contribution >= 4 is 17.5 Å². The number of nitrogens with zero attached hydrogens (tertiary/aromatic N) is 2. The summed E-state index contributed by atoms with van der Waals surface area (Å²) in [6.45, 7) is 4.52. The number of carbonyl (C=O) groups is 1. The van der Waals surface area contributed by atoms with Gasteiger partial charge >= 0.3 is 0 Å². The molecule has 4 nitrogen and oxygen atoms in total. The van der Waals surface area contributed by atoms with Gasteiger partial charge < -0.3 is 14.8 Å². The quantitative estimate of drug-likeness (QED) is 0.908. The number of halogens is 1. The van der Waals surface area contributed by atoms with Gasteiger partial charge in [-0.05, 0) is 26.0 Å². The molecule has 1 N–H and O–H groups in total. The third-order valence-electron chi connectivity index (χ3n) is 3.43. The highest BCUT2D eigenvalue weighted by atomic mass is 35.5. The van der Waals surface area contributed by atoms with Crippen LogP contribution in [0.15, 0.2) is 12.3 Å². The van der Waals surface area contributed by atoms with Gasteiger partial charge in [0.2, 0.25) is 0 Å². The van der Waals surface area contributed by atoms with Crippen LogP contribution in [0.2, 0.25) is 5.02 Å². The highest BCUT2D eigenvalue weighted by molar-refractivity contribution is 6.31. The first kappa shape index (κ1) is 13.4. The van der Waals surface area contributed by atoms with Crippen molar-refractivity contribution in [3.8, 4) is 0 Å². The van der Waals surface area contributed by atoms with E-state index in [1.165, 1.54) is 0 Å². The summed E-state index contributed by atoms with van der Waals surface area (Å²) >= 11 is 6.00. The number of aryl methyl sites for hydroxylation is 1. The van der Waals surface area contributed by atoms with Crippen LogP contribution in [0.1, 0.15) is 30.3 Å². The zero-order valence-electron chi connectivity index (χ0n) is 10.9. The molecule has 0 saturated carbocycles. The number of likely N-dealkylation sites (tertiary alicyclic amines) is 1. The van der Waals surface area contributed by atoms with Crippen LogP contribution in [-0.4, -0.2) is 41.6 Å². The van der Waals surface area contributed by atoms with Crippen LogP contribution >= 0.6 is 11.6 Å². The zero-order chi connectivity index (χ0) is 13.1. The van der Waals surface area contributed by atoms with E-state index in [-0.39, 0.29) is 5.91 Å². The number of likely N-dealkylation sites (N-methyl/N-ethyl adjacent to an activating group) is 1. The fourth-order valence-corrected chi connectivity index (χ4v) is 2.64. The molecule has 2 rings (SSSR count). The SMILES string of the molecule is CCCn1cc(Cl)cc1C(=O)N1CCC(NC)C1. The molecule has 1 unspecified atom stereocenters. The number of aromatic nitrogens is 1. The average Bonchev–Trinajstić information content (AvgIpc) is 2.95. The summed E-state index contributed by atoms with van der Waals surface area (Å²) in [7, 11) is 1.94. The van der Waals surface area contributed by atoms with E-state index in [0.717, 1.165) is 32.5 Å². The van der Waals surface area contributed by atoms with Crippen molar-refractivity contribution < 1.29 is 4.79 Å². The monoisotopic (exact) mass is 269 g/mol. The summed E-state index contributed by atoms with van der Waals surface area (Å²) in [5.74, 6) is 0.0908. The van der Waals surface area contributed by atoms with E-state index in [1.807, 2.05) is 22.7 Å². The molecule has 1 aromatic rings. The van der Waals surface area contributed by atoms with E-state index >= 15 is 0 Å². The minimum atomic E-state index is 0.0908. The molecule has 1 aliphatic heterocycles. The number of hydrogen-bond donors (Lipinski definition) is 1. The predicted molar refractivity (Wildman–Crippen MR) is 73.1 cm³/mol. The molecule has 0 aromatic carbocycles. The number of nitrogens with one attached hydrogen (secondary N) is 1. The van der Waals surface area contributed by atoms with Crippen LogP contribution in [0.5, 0.6) is 0 Å². The van der Waals surface area contributed by atoms with Crippen molar-refractivity contribution in [1.82, 2.24) is 14.8 Å². The van der Waals surface area contributed by atoms with Crippen molar-refractivity contribution in [1.29, 1.82) is 0 Å². The lowest BCUT2D eigenvalue weighted by atomic mass is 10.3. The van der Waals surface area contributed by atoms with Crippen LogP contribution in [0.25, 0.3) is 0 Å². The van der Waals surface area contributed by atoms with E-state index in [9.17, 15) is 4.79 Å². The van der Waals surface area contributed by atoms with Crippen LogP contribution in [-0.2, 0) is 6.54 Å². The Hall–Kier alpha value is -1.00. The second-order valence-electron chi connectivity index (χ2n) is 4.76. The van der Waals surface area contributed by atoms with Crippen LogP contribution < -0.4 is 5.32 Å². The second kappa shape index (κ2) is 5.76. The van der Waals surface area contributed by atoms with Gasteiger partial charge in [0, 0.05) is 31.9 Å². The molecule has 1 saturated heterocycles. The Morgan fingerprint density at radius 2 is 2.39 bits per heavy atom.